The minimum absolute atomic E-state index is 0.117. The third kappa shape index (κ3) is 27.0. The molecule has 133 heavy (non-hydrogen) atoms. The summed E-state index contributed by atoms with van der Waals surface area (Å²) in [7, 11) is 4.49. The van der Waals surface area contributed by atoms with Crippen LogP contribution >= 0.6 is 58.0 Å². The number of hydrogen-bond acceptors (Lipinski definition) is 29. The molecule has 0 aliphatic carbocycles. The van der Waals surface area contributed by atoms with Crippen LogP contribution < -0.4 is 39.3 Å². The number of rotatable bonds is 15. The molecule has 12 N–H and O–H groups in total. The Bertz CT molecular complexity index is 4970. The number of likely N-dealkylation sites (tertiary alicyclic amines) is 6. The lowest BCUT2D eigenvalue weighted by molar-refractivity contribution is -0.127. The molecule has 20 rings (SSSR count). The van der Waals surface area contributed by atoms with E-state index in [2.05, 4.69) is 202 Å². The standard InChI is InChI=1S/C21H31ClN6.C20H29ClN6.C19H25ClN6O.C19H27ClN6.C19H26ClN5/c1-15-13-28(18-7-9-27(10-8-18)21-12-20(23)24-25-21)19(14-26(15)2)11-16-3-5-17(22)6-4-16;1-25-10-11-27(18(14-25)12-15-2-4-16(21)5-3-15)17-6-8-26(9-7-17)20-13-19(22)23-24-20;20-14-3-1-13(2-4-14)9-16-11-22-19(27)12-26(16)15-5-7-25(8-6-15)18-10-17(21)23-24-18;20-15-3-1-14(2-4-15)11-17-13-22-7-10-26(17)16-5-8-25(9-6-16)19-12-18(21)23-24-19;20-15-5-3-14(4-6-15)12-17-2-1-9-25(17)16-7-10-24(11-8-16)19-13-18(21)22-23-19/h3-6,15,18-19H,7-14H2,1-2H3,(H2,23,24);2-5,17-18H,6-14H2,1H3,(H2,22,23);1-4,15-16H,5-12H2,(H2,21,23)(H,22,27);1-4,16-17,22H,5-13H2,(H2,21,23);3-6,16-17H,1-2,7-13H2,(H2,21,22)/t15-,19?;;;;17-/m0...1/s1. The smallest absolute Gasteiger partial charge is 0.234 e. The van der Waals surface area contributed by atoms with E-state index < -0.39 is 0 Å². The van der Waals surface area contributed by atoms with Crippen molar-refractivity contribution in [2.45, 2.75) is 215 Å². The van der Waals surface area contributed by atoms with Gasteiger partial charge in [0.05, 0.1) is 38.6 Å². The molecular weight excluding hydrogens is 1780 g/mol. The molecule has 0 saturated carbocycles. The monoisotopic (exact) mass is 1910 g/mol. The molecule has 15 aliphatic heterocycles. The van der Waals surface area contributed by atoms with Gasteiger partial charge in [0.25, 0.3) is 0 Å². The molecule has 6 atom stereocenters. The number of benzene rings is 5. The highest BCUT2D eigenvalue weighted by Crippen LogP contribution is 2.34. The van der Waals surface area contributed by atoms with Gasteiger partial charge in [-0.25, -0.2) is 0 Å². The number of nitrogens with zero attached hydrogens (tertiary/aromatic N) is 22. The van der Waals surface area contributed by atoms with Crippen LogP contribution in [0, 0.1) is 0 Å². The van der Waals surface area contributed by atoms with E-state index >= 15 is 0 Å². The molecule has 0 spiro atoms. The van der Waals surface area contributed by atoms with Crippen molar-refractivity contribution in [2.75, 3.05) is 152 Å². The van der Waals surface area contributed by atoms with E-state index in [9.17, 15) is 4.79 Å². The molecule has 35 heteroatoms. The molecule has 10 saturated heterocycles. The van der Waals surface area contributed by atoms with E-state index in [-0.39, 0.29) is 5.91 Å². The normalized spacial score (nSPS) is 25.7. The van der Waals surface area contributed by atoms with Crippen molar-refractivity contribution in [3.05, 3.63) is 174 Å². The third-order valence-electron chi connectivity index (χ3n) is 29.7. The van der Waals surface area contributed by atoms with Crippen molar-refractivity contribution in [2.24, 2.45) is 79.7 Å². The Balaban J connectivity index is 0.000000121. The average molecular weight is 1920 g/mol. The molecule has 5 aromatic rings. The molecule has 0 radical (unpaired) electrons. The molecule has 10 fully saturated rings. The number of carbonyl (C=O) groups is 1. The van der Waals surface area contributed by atoms with Gasteiger partial charge in [0, 0.05) is 216 Å². The fraction of sp³-hybridized carbons (Fsp3) is 0.582. The van der Waals surface area contributed by atoms with E-state index in [1.807, 2.05) is 60.7 Å². The summed E-state index contributed by atoms with van der Waals surface area (Å²) < 4.78 is 0. The molecule has 30 nitrogen and oxygen atoms in total. The molecule has 4 unspecified atom stereocenters. The minimum Gasteiger partial charge on any atom is -0.385 e. The van der Waals surface area contributed by atoms with Crippen molar-refractivity contribution < 1.29 is 4.79 Å². The summed E-state index contributed by atoms with van der Waals surface area (Å²) in [6.45, 7) is 23.9. The summed E-state index contributed by atoms with van der Waals surface area (Å²) >= 11 is 30.2. The molecular formula is C98H138Cl5N29O. The van der Waals surface area contributed by atoms with Gasteiger partial charge >= 0.3 is 0 Å². The van der Waals surface area contributed by atoms with Crippen LogP contribution in [0.5, 0.6) is 0 Å². The summed E-state index contributed by atoms with van der Waals surface area (Å²) in [5, 5.41) is 51.6. The Kier molecular flexibility index (Phi) is 34.4. The van der Waals surface area contributed by atoms with Gasteiger partial charge in [-0.3, -0.25) is 29.3 Å². The van der Waals surface area contributed by atoms with E-state index in [4.69, 9.17) is 86.7 Å². The van der Waals surface area contributed by atoms with Crippen molar-refractivity contribution in [1.29, 1.82) is 0 Å². The number of nitrogens with two attached hydrogens (primary N) is 5. The van der Waals surface area contributed by atoms with E-state index in [0.717, 1.165) is 217 Å². The quantitative estimate of drug-likeness (QED) is 0.0512. The van der Waals surface area contributed by atoms with Gasteiger partial charge in [0.2, 0.25) is 5.91 Å². The molecule has 716 valence electrons. The van der Waals surface area contributed by atoms with Gasteiger partial charge in [-0.05, 0) is 225 Å². The summed E-state index contributed by atoms with van der Waals surface area (Å²) in [5.74, 6) is 8.39. The van der Waals surface area contributed by atoms with Crippen molar-refractivity contribution in [3.63, 3.8) is 0 Å². The number of amides is 1. The number of piperazine rings is 4. The van der Waals surface area contributed by atoms with E-state index in [1.165, 1.54) is 98.6 Å². The fourth-order valence-corrected chi connectivity index (χ4v) is 22.9. The number of piperidine rings is 5. The van der Waals surface area contributed by atoms with Crippen LogP contribution in [0.4, 0.5) is 0 Å². The first kappa shape index (κ1) is 97.5. The highest BCUT2D eigenvalue weighted by molar-refractivity contribution is 6.31. The van der Waals surface area contributed by atoms with Crippen LogP contribution in [0.15, 0.2) is 172 Å². The van der Waals surface area contributed by atoms with Crippen LogP contribution in [-0.4, -0.2) is 341 Å². The van der Waals surface area contributed by atoms with Crippen LogP contribution in [0.3, 0.4) is 0 Å². The zero-order valence-corrected chi connectivity index (χ0v) is 81.6. The van der Waals surface area contributed by atoms with Gasteiger partial charge in [0.1, 0.15) is 58.4 Å². The minimum atomic E-state index is 0.117. The highest BCUT2D eigenvalue weighted by atomic mass is 35.5. The second-order valence-electron chi connectivity index (χ2n) is 38.7. The van der Waals surface area contributed by atoms with Crippen LogP contribution in [0.1, 0.15) is 144 Å². The summed E-state index contributed by atoms with van der Waals surface area (Å²) in [4.78, 5) is 42.1. The molecule has 0 bridgehead atoms. The zero-order chi connectivity index (χ0) is 92.4. The fourth-order valence-electron chi connectivity index (χ4n) is 22.2. The third-order valence-corrected chi connectivity index (χ3v) is 30.9. The van der Waals surface area contributed by atoms with Gasteiger partial charge < -0.3 is 73.6 Å². The maximum absolute atomic E-state index is 12.0. The number of nitrogens with one attached hydrogen (secondary N) is 2. The molecule has 0 aromatic heterocycles. The predicted molar refractivity (Wildman–Crippen MR) is 544 cm³/mol. The van der Waals surface area contributed by atoms with Crippen molar-refractivity contribution >= 4 is 122 Å². The number of carbonyl (C=O) groups excluding carboxylic acids is 1. The first-order chi connectivity index (χ1) is 64.5. The summed E-state index contributed by atoms with van der Waals surface area (Å²) in [6, 6.07) is 47.6. The van der Waals surface area contributed by atoms with Crippen LogP contribution in [0.25, 0.3) is 0 Å². The lowest BCUT2D eigenvalue weighted by atomic mass is 9.94. The van der Waals surface area contributed by atoms with Crippen molar-refractivity contribution in [1.82, 2.24) is 69.4 Å². The maximum atomic E-state index is 12.0. The number of amidine groups is 10. The predicted octanol–water partition coefficient (Wildman–Crippen LogP) is 10.3. The lowest BCUT2D eigenvalue weighted by Gasteiger charge is -2.49. The van der Waals surface area contributed by atoms with Gasteiger partial charge in [-0.1, -0.05) is 119 Å². The highest BCUT2D eigenvalue weighted by Gasteiger charge is 2.42. The van der Waals surface area contributed by atoms with Gasteiger partial charge in [-0.2, -0.15) is 0 Å². The zero-order valence-electron chi connectivity index (χ0n) is 77.8. The number of hydrogen-bond donors (Lipinski definition) is 7. The first-order valence-electron chi connectivity index (χ1n) is 48.6. The van der Waals surface area contributed by atoms with Gasteiger partial charge in [-0.15, -0.1) is 51.0 Å². The molecule has 15 aliphatic rings. The maximum Gasteiger partial charge on any atom is 0.234 e. The van der Waals surface area contributed by atoms with E-state index in [1.54, 1.807) is 0 Å². The Morgan fingerprint density at radius 1 is 0.316 bits per heavy atom. The molecule has 15 heterocycles. The summed E-state index contributed by atoms with van der Waals surface area (Å²) in [5.41, 5.74) is 35.6. The second-order valence-corrected chi connectivity index (χ2v) is 40.9. The van der Waals surface area contributed by atoms with Crippen LogP contribution in [0.2, 0.25) is 25.1 Å². The largest absolute Gasteiger partial charge is 0.385 e. The van der Waals surface area contributed by atoms with E-state index in [0.29, 0.717) is 141 Å². The first-order valence-corrected chi connectivity index (χ1v) is 50.5. The summed E-state index contributed by atoms with van der Waals surface area (Å²) in [6.07, 6.45) is 22.9. The number of likely N-dealkylation sites (N-methyl/N-ethyl adjacent to an activating group) is 2. The Morgan fingerprint density at radius 2 is 0.609 bits per heavy atom. The molecule has 1 amide bonds. The SMILES string of the molecule is CN1CCN(C2CCN(C3=NN=C(N)C3)CC2)C(Cc2ccc(Cl)cc2)C1.C[C@H]1CN(C2CCN(C3=NN=C(N)C3)CC2)C(Cc2ccc(Cl)cc2)CN1C.NC1=NN=C(N2CCC(N3CC(=O)NCC3Cc3ccc(Cl)cc3)CC2)C1.NC1=NN=C(N2CCC(N3CCC[C@@H]3Cc3ccc(Cl)cc3)CC2)C1.NC1=NN=C(N2CCC(N3CCNCC3Cc3ccc(Cl)cc3)CC2)C1. The van der Waals surface area contributed by atoms with Gasteiger partial charge in [0.15, 0.2) is 0 Å². The Morgan fingerprint density at radius 3 is 0.947 bits per heavy atom. The Labute approximate surface area is 811 Å². The van der Waals surface area contributed by atoms with Crippen molar-refractivity contribution in [3.8, 4) is 0 Å². The average Bonchev–Trinajstić information content (AvgIpc) is 1.35. The topological polar surface area (TPSA) is 334 Å². The van der Waals surface area contributed by atoms with Crippen LogP contribution in [-0.2, 0) is 36.9 Å². The number of halogens is 5. The second kappa shape index (κ2) is 47.0. The Hall–Kier alpha value is -8.60. The lowest BCUT2D eigenvalue weighted by Crippen LogP contribution is -2.61. The molecule has 5 aromatic carbocycles.